The van der Waals surface area contributed by atoms with Gasteiger partial charge in [-0.1, -0.05) is 45.2 Å². The number of nitrogens with one attached hydrogen (secondary N) is 2. The van der Waals surface area contributed by atoms with Gasteiger partial charge in [0, 0.05) is 4.47 Å². The molecule has 0 radical (unpaired) electrons. The number of ether oxygens (including phenoxy) is 1. The van der Waals surface area contributed by atoms with Crippen LogP contribution in [0.2, 0.25) is 10.0 Å². The molecule has 0 atom stereocenters. The topological polar surface area (TPSA) is 102 Å². The number of esters is 1. The van der Waals surface area contributed by atoms with Crippen molar-refractivity contribution in [2.45, 2.75) is 18.7 Å². The maximum atomic E-state index is 12.2. The van der Waals surface area contributed by atoms with Gasteiger partial charge in [-0.25, -0.2) is 8.42 Å². The molecule has 0 fully saturated rings. The Morgan fingerprint density at radius 3 is 2.41 bits per heavy atom. The number of hydrogen-bond acceptors (Lipinski definition) is 5. The van der Waals surface area contributed by atoms with Crippen molar-refractivity contribution in [1.29, 1.82) is 0 Å². The van der Waals surface area contributed by atoms with Crippen LogP contribution in [0.15, 0.2) is 39.7 Å². The monoisotopic (exact) mass is 522 g/mol. The first-order valence-corrected chi connectivity index (χ1v) is 11.2. The number of rotatable bonds is 7. The molecule has 0 saturated heterocycles. The Morgan fingerprint density at radius 1 is 1.10 bits per heavy atom. The molecule has 0 aliphatic heterocycles. The number of benzene rings is 2. The van der Waals surface area contributed by atoms with Crippen LogP contribution in [0.25, 0.3) is 0 Å². The lowest BCUT2D eigenvalue weighted by Crippen LogP contribution is -2.32. The summed E-state index contributed by atoms with van der Waals surface area (Å²) in [6.45, 7) is 2.40. The molecule has 2 aromatic carbocycles. The van der Waals surface area contributed by atoms with E-state index in [1.54, 1.807) is 13.0 Å². The first-order valence-electron chi connectivity index (χ1n) is 8.16. The van der Waals surface area contributed by atoms with Crippen molar-refractivity contribution in [3.05, 3.63) is 56.0 Å². The summed E-state index contributed by atoms with van der Waals surface area (Å²) < 4.78 is 32.0. The number of carbonyl (C=O) groups is 2. The molecule has 0 aliphatic rings. The van der Waals surface area contributed by atoms with Crippen molar-refractivity contribution in [2.24, 2.45) is 0 Å². The van der Waals surface area contributed by atoms with Crippen LogP contribution in [0.3, 0.4) is 0 Å². The van der Waals surface area contributed by atoms with Gasteiger partial charge in [-0.15, -0.1) is 0 Å². The van der Waals surface area contributed by atoms with Gasteiger partial charge >= 0.3 is 5.97 Å². The Labute approximate surface area is 186 Å². The lowest BCUT2D eigenvalue weighted by Gasteiger charge is -2.12. The highest BCUT2D eigenvalue weighted by Gasteiger charge is 2.20. The molecule has 2 rings (SSSR count). The van der Waals surface area contributed by atoms with Crippen molar-refractivity contribution in [1.82, 2.24) is 4.72 Å². The SMILES string of the molecule is Cc1cc(C)c(NC(=O)COC(=O)CNS(=O)(=O)c2ccc(Br)cc2Cl)c(Cl)c1. The summed E-state index contributed by atoms with van der Waals surface area (Å²) in [5, 5.41) is 2.92. The fourth-order valence-corrected chi connectivity index (χ4v) is 4.74. The average Bonchev–Trinajstić information content (AvgIpc) is 2.61. The number of halogens is 3. The molecule has 156 valence electrons. The van der Waals surface area contributed by atoms with Crippen LogP contribution in [0.4, 0.5) is 5.69 Å². The Hall–Kier alpha value is -1.65. The summed E-state index contributed by atoms with van der Waals surface area (Å²) in [6.07, 6.45) is 0. The number of hydrogen-bond donors (Lipinski definition) is 2. The number of aryl methyl sites for hydroxylation is 2. The smallest absolute Gasteiger partial charge is 0.321 e. The van der Waals surface area contributed by atoms with Gasteiger partial charge in [-0.05, 0) is 49.2 Å². The van der Waals surface area contributed by atoms with Crippen LogP contribution >= 0.6 is 39.1 Å². The number of carbonyl (C=O) groups excluding carboxylic acids is 2. The minimum Gasteiger partial charge on any atom is -0.455 e. The van der Waals surface area contributed by atoms with Gasteiger partial charge < -0.3 is 10.1 Å². The van der Waals surface area contributed by atoms with Crippen LogP contribution in [0.5, 0.6) is 0 Å². The molecule has 0 heterocycles. The van der Waals surface area contributed by atoms with Gasteiger partial charge in [-0.3, -0.25) is 9.59 Å². The molecule has 2 aromatic rings. The molecule has 0 aliphatic carbocycles. The second kappa shape index (κ2) is 9.90. The third-order valence-electron chi connectivity index (χ3n) is 3.65. The van der Waals surface area contributed by atoms with Crippen molar-refractivity contribution in [2.75, 3.05) is 18.5 Å². The zero-order valence-corrected chi connectivity index (χ0v) is 19.3. The molecular weight excluding hydrogens is 507 g/mol. The van der Waals surface area contributed by atoms with Crippen molar-refractivity contribution in [3.63, 3.8) is 0 Å². The van der Waals surface area contributed by atoms with Gasteiger partial charge in [-0.2, -0.15) is 4.72 Å². The largest absolute Gasteiger partial charge is 0.455 e. The minimum atomic E-state index is -4.03. The van der Waals surface area contributed by atoms with Crippen molar-refractivity contribution < 1.29 is 22.7 Å². The van der Waals surface area contributed by atoms with Crippen LogP contribution in [-0.2, 0) is 24.3 Å². The standard InChI is InChI=1S/C18H17BrCl2N2O5S/c1-10-5-11(2)18(14(21)6-10)23-16(24)9-28-17(25)8-22-29(26,27)15-4-3-12(19)7-13(15)20/h3-7,22H,8-9H2,1-2H3,(H,23,24). The summed E-state index contributed by atoms with van der Waals surface area (Å²) in [5.41, 5.74) is 2.12. The van der Waals surface area contributed by atoms with E-state index in [2.05, 4.69) is 26.0 Å². The zero-order valence-electron chi connectivity index (χ0n) is 15.4. The van der Waals surface area contributed by atoms with Gasteiger partial charge in [0.1, 0.15) is 11.4 Å². The van der Waals surface area contributed by atoms with E-state index in [1.807, 2.05) is 13.0 Å². The highest BCUT2D eigenvalue weighted by atomic mass is 79.9. The molecule has 0 bridgehead atoms. The normalized spacial score (nSPS) is 11.2. The fraction of sp³-hybridized carbons (Fsp3) is 0.222. The minimum absolute atomic E-state index is 0.00929. The molecule has 11 heteroatoms. The second-order valence-corrected chi connectivity index (χ2v) is 9.51. The molecule has 0 saturated carbocycles. The summed E-state index contributed by atoms with van der Waals surface area (Å²) >= 11 is 15.2. The zero-order chi connectivity index (χ0) is 21.8. The number of amides is 1. The highest BCUT2D eigenvalue weighted by molar-refractivity contribution is 9.10. The lowest BCUT2D eigenvalue weighted by atomic mass is 10.1. The maximum absolute atomic E-state index is 12.2. The second-order valence-electron chi connectivity index (χ2n) is 6.05. The molecule has 0 aromatic heterocycles. The Morgan fingerprint density at radius 2 is 1.79 bits per heavy atom. The third-order valence-corrected chi connectivity index (χ3v) is 6.33. The number of sulfonamides is 1. The third kappa shape index (κ3) is 6.68. The number of anilines is 1. The molecule has 0 unspecified atom stereocenters. The van der Waals surface area contributed by atoms with Crippen molar-refractivity contribution in [3.8, 4) is 0 Å². The summed E-state index contributed by atoms with van der Waals surface area (Å²) in [6, 6.07) is 7.74. The maximum Gasteiger partial charge on any atom is 0.321 e. The molecule has 7 nitrogen and oxygen atoms in total. The molecule has 2 N–H and O–H groups in total. The van der Waals surface area contributed by atoms with E-state index in [4.69, 9.17) is 27.9 Å². The van der Waals surface area contributed by atoms with E-state index in [-0.39, 0.29) is 9.92 Å². The summed E-state index contributed by atoms with van der Waals surface area (Å²) in [7, 11) is -4.03. The van der Waals surface area contributed by atoms with E-state index in [0.29, 0.717) is 15.2 Å². The molecular formula is C18H17BrCl2N2O5S. The Balaban J connectivity index is 1.89. The Bertz CT molecular complexity index is 1040. The Kier molecular flexibility index (Phi) is 8.07. The van der Waals surface area contributed by atoms with Crippen LogP contribution in [0, 0.1) is 13.8 Å². The molecule has 29 heavy (non-hydrogen) atoms. The first kappa shape index (κ1) is 23.6. The van der Waals surface area contributed by atoms with Crippen LogP contribution in [-0.4, -0.2) is 33.4 Å². The molecule has 0 spiro atoms. The predicted octanol–water partition coefficient (Wildman–Crippen LogP) is 3.83. The molecule has 1 amide bonds. The van der Waals surface area contributed by atoms with Gasteiger partial charge in [0.05, 0.1) is 15.7 Å². The fourth-order valence-electron chi connectivity index (χ4n) is 2.37. The highest BCUT2D eigenvalue weighted by Crippen LogP contribution is 2.27. The van der Waals surface area contributed by atoms with E-state index < -0.39 is 35.1 Å². The predicted molar refractivity (Wildman–Crippen MR) is 115 cm³/mol. The summed E-state index contributed by atoms with van der Waals surface area (Å²) in [4.78, 5) is 23.6. The van der Waals surface area contributed by atoms with Gasteiger partial charge in [0.15, 0.2) is 6.61 Å². The van der Waals surface area contributed by atoms with E-state index >= 15 is 0 Å². The first-order chi connectivity index (χ1) is 13.5. The van der Waals surface area contributed by atoms with Gasteiger partial charge in [0.25, 0.3) is 5.91 Å². The van der Waals surface area contributed by atoms with E-state index in [0.717, 1.165) is 11.1 Å². The van der Waals surface area contributed by atoms with Crippen LogP contribution < -0.4 is 10.0 Å². The van der Waals surface area contributed by atoms with Crippen molar-refractivity contribution >= 4 is 66.7 Å². The quantitative estimate of drug-likeness (QED) is 0.537. The summed E-state index contributed by atoms with van der Waals surface area (Å²) in [5.74, 6) is -1.53. The lowest BCUT2D eigenvalue weighted by molar-refractivity contribution is -0.146. The van der Waals surface area contributed by atoms with E-state index in [9.17, 15) is 18.0 Å². The van der Waals surface area contributed by atoms with Crippen LogP contribution in [0.1, 0.15) is 11.1 Å². The van der Waals surface area contributed by atoms with Gasteiger partial charge in [0.2, 0.25) is 10.0 Å². The average molecular weight is 524 g/mol. The van der Waals surface area contributed by atoms with E-state index in [1.165, 1.54) is 18.2 Å².